The third-order valence-electron chi connectivity index (χ3n) is 6.04. The minimum atomic E-state index is -3.83. The molecule has 0 radical (unpaired) electrons. The molecule has 1 N–H and O–H groups in total. The summed E-state index contributed by atoms with van der Waals surface area (Å²) < 4.78 is 34.4. The van der Waals surface area contributed by atoms with E-state index in [1.54, 1.807) is 17.9 Å². The van der Waals surface area contributed by atoms with Crippen LogP contribution in [0.2, 0.25) is 0 Å². The molecule has 1 aromatic heterocycles. The third kappa shape index (κ3) is 7.43. The molecule has 0 aliphatic carbocycles. The first-order valence-electron chi connectivity index (χ1n) is 12.7. The number of benzene rings is 3. The van der Waals surface area contributed by atoms with Crippen molar-refractivity contribution in [3.05, 3.63) is 102 Å². The Labute approximate surface area is 229 Å². The summed E-state index contributed by atoms with van der Waals surface area (Å²) in [5.41, 5.74) is 3.04. The van der Waals surface area contributed by atoms with Crippen molar-refractivity contribution >= 4 is 27.8 Å². The number of methoxy groups -OCH3 is 1. The van der Waals surface area contributed by atoms with Gasteiger partial charge in [-0.25, -0.2) is 13.1 Å². The molecule has 39 heavy (non-hydrogen) atoms. The maximum absolute atomic E-state index is 13.2. The van der Waals surface area contributed by atoms with Crippen LogP contribution in [-0.4, -0.2) is 48.6 Å². The van der Waals surface area contributed by atoms with Gasteiger partial charge in [0.05, 0.1) is 25.0 Å². The normalized spacial score (nSPS) is 11.7. The van der Waals surface area contributed by atoms with Gasteiger partial charge in [-0.15, -0.1) is 0 Å². The predicted octanol–water partition coefficient (Wildman–Crippen LogP) is 5.59. The molecule has 0 aliphatic rings. The molecule has 4 aromatic rings. The zero-order valence-corrected chi connectivity index (χ0v) is 22.8. The van der Waals surface area contributed by atoms with Crippen molar-refractivity contribution in [3.8, 4) is 22.7 Å². The number of anilines is 1. The maximum atomic E-state index is 13.2. The average Bonchev–Trinajstić information content (AvgIpc) is 3.38. The number of ether oxygens (including phenoxy) is 1. The molecule has 0 saturated heterocycles. The fraction of sp³-hybridized carbons (Fsp3) is 0.200. The van der Waals surface area contributed by atoms with Crippen molar-refractivity contribution in [3.63, 3.8) is 0 Å². The molecule has 0 fully saturated rings. The van der Waals surface area contributed by atoms with Crippen LogP contribution in [0.15, 0.2) is 96.4 Å². The van der Waals surface area contributed by atoms with E-state index in [4.69, 9.17) is 9.84 Å². The summed E-state index contributed by atoms with van der Waals surface area (Å²) in [6, 6.07) is 27.9. The molecule has 9 heteroatoms. The molecular weight excluding hydrogens is 512 g/mol. The third-order valence-corrected chi connectivity index (χ3v) is 7.55. The average molecular weight is 545 g/mol. The number of hydrogen-bond acceptors (Lipinski definition) is 5. The molecule has 1 amide bonds. The second-order valence-corrected chi connectivity index (χ2v) is 10.7. The second kappa shape index (κ2) is 13.0. The van der Waals surface area contributed by atoms with E-state index in [-0.39, 0.29) is 13.1 Å². The van der Waals surface area contributed by atoms with Gasteiger partial charge in [0.1, 0.15) is 11.6 Å². The van der Waals surface area contributed by atoms with E-state index >= 15 is 0 Å². The number of nitrogens with one attached hydrogen (secondary N) is 1. The first kappa shape index (κ1) is 27.8. The molecule has 0 bridgehead atoms. The Bertz CT molecular complexity index is 1500. The van der Waals surface area contributed by atoms with E-state index in [1.165, 1.54) is 10.4 Å². The van der Waals surface area contributed by atoms with Gasteiger partial charge in [0.2, 0.25) is 15.9 Å². The monoisotopic (exact) mass is 544 g/mol. The standard InChI is InChI=1S/C30H32N4O4S/c1-3-4-20-33(39(36,37)21-19-24-11-7-5-8-12-24)23-30(35)31-29-22-28(25-13-9-6-10-14-25)32-34(29)26-15-17-27(38-2)18-16-26/h5-19,21-22H,3-4,20,23H2,1-2H3,(H,31,35). The van der Waals surface area contributed by atoms with Crippen LogP contribution in [0.4, 0.5) is 5.82 Å². The van der Waals surface area contributed by atoms with Crippen LogP contribution in [0.5, 0.6) is 5.75 Å². The molecule has 4 rings (SSSR count). The number of rotatable bonds is 12. The van der Waals surface area contributed by atoms with E-state index in [2.05, 4.69) is 5.32 Å². The van der Waals surface area contributed by atoms with Gasteiger partial charge in [0, 0.05) is 23.6 Å². The maximum Gasteiger partial charge on any atom is 0.240 e. The van der Waals surface area contributed by atoms with Crippen LogP contribution in [0, 0.1) is 0 Å². The van der Waals surface area contributed by atoms with Gasteiger partial charge in [-0.1, -0.05) is 74.0 Å². The van der Waals surface area contributed by atoms with Gasteiger partial charge in [0.15, 0.2) is 0 Å². The van der Waals surface area contributed by atoms with Gasteiger partial charge in [-0.3, -0.25) is 4.79 Å². The van der Waals surface area contributed by atoms with Gasteiger partial charge in [-0.05, 0) is 42.3 Å². The molecule has 202 valence electrons. The minimum absolute atomic E-state index is 0.235. The SMILES string of the molecule is CCCCN(CC(=O)Nc1cc(-c2ccccc2)nn1-c1ccc(OC)cc1)S(=O)(=O)C=Cc1ccccc1. The Morgan fingerprint density at radius 2 is 1.67 bits per heavy atom. The van der Waals surface area contributed by atoms with Crippen LogP contribution in [0.3, 0.4) is 0 Å². The zero-order valence-electron chi connectivity index (χ0n) is 22.0. The number of sulfonamides is 1. The number of amides is 1. The minimum Gasteiger partial charge on any atom is -0.497 e. The molecular formula is C30H32N4O4S. The first-order chi connectivity index (χ1) is 18.9. The lowest BCUT2D eigenvalue weighted by Gasteiger charge is -2.20. The lowest BCUT2D eigenvalue weighted by Crippen LogP contribution is -2.37. The molecule has 0 unspecified atom stereocenters. The van der Waals surface area contributed by atoms with Crippen LogP contribution in [0.1, 0.15) is 25.3 Å². The van der Waals surface area contributed by atoms with Gasteiger partial charge >= 0.3 is 0 Å². The fourth-order valence-corrected chi connectivity index (χ4v) is 5.11. The number of carbonyl (C=O) groups is 1. The molecule has 0 atom stereocenters. The summed E-state index contributed by atoms with van der Waals surface area (Å²) in [5.74, 6) is 0.661. The summed E-state index contributed by atoms with van der Waals surface area (Å²) in [6.45, 7) is 1.89. The molecule has 0 aliphatic heterocycles. The largest absolute Gasteiger partial charge is 0.497 e. The Kier molecular flexibility index (Phi) is 9.30. The molecule has 8 nitrogen and oxygen atoms in total. The first-order valence-corrected chi connectivity index (χ1v) is 14.2. The number of nitrogens with zero attached hydrogens (tertiary/aromatic N) is 3. The fourth-order valence-electron chi connectivity index (χ4n) is 3.93. The Hall–Kier alpha value is -4.21. The number of hydrogen-bond donors (Lipinski definition) is 1. The molecule has 0 saturated carbocycles. The van der Waals surface area contributed by atoms with Crippen LogP contribution in [-0.2, 0) is 14.8 Å². The van der Waals surface area contributed by atoms with E-state index in [9.17, 15) is 13.2 Å². The van der Waals surface area contributed by atoms with Crippen molar-refractivity contribution in [2.24, 2.45) is 0 Å². The van der Waals surface area contributed by atoms with E-state index in [0.29, 0.717) is 23.7 Å². The molecule has 0 spiro atoms. The molecule has 3 aromatic carbocycles. The summed E-state index contributed by atoms with van der Waals surface area (Å²) in [7, 11) is -2.24. The number of carbonyl (C=O) groups excluding carboxylic acids is 1. The highest BCUT2D eigenvalue weighted by Crippen LogP contribution is 2.26. The summed E-state index contributed by atoms with van der Waals surface area (Å²) in [5, 5.41) is 8.75. The highest BCUT2D eigenvalue weighted by Gasteiger charge is 2.23. The number of unbranched alkanes of at least 4 members (excludes halogenated alkanes) is 1. The highest BCUT2D eigenvalue weighted by atomic mass is 32.2. The predicted molar refractivity (Wildman–Crippen MR) is 155 cm³/mol. The van der Waals surface area contributed by atoms with E-state index in [0.717, 1.165) is 28.6 Å². The van der Waals surface area contributed by atoms with E-state index < -0.39 is 15.9 Å². The molecule has 1 heterocycles. The van der Waals surface area contributed by atoms with E-state index in [1.807, 2.05) is 91.9 Å². The van der Waals surface area contributed by atoms with Crippen molar-refractivity contribution in [1.82, 2.24) is 14.1 Å². The Balaban J connectivity index is 1.59. The second-order valence-electron chi connectivity index (χ2n) is 8.88. The van der Waals surface area contributed by atoms with Crippen LogP contribution in [0.25, 0.3) is 23.0 Å². The quantitative estimate of drug-likeness (QED) is 0.251. The van der Waals surface area contributed by atoms with Crippen LogP contribution >= 0.6 is 0 Å². The van der Waals surface area contributed by atoms with Gasteiger partial charge < -0.3 is 10.1 Å². The highest BCUT2D eigenvalue weighted by molar-refractivity contribution is 7.92. The Morgan fingerprint density at radius 1 is 1.00 bits per heavy atom. The van der Waals surface area contributed by atoms with Gasteiger partial charge in [0.25, 0.3) is 0 Å². The lowest BCUT2D eigenvalue weighted by atomic mass is 10.2. The number of aromatic nitrogens is 2. The summed E-state index contributed by atoms with van der Waals surface area (Å²) >= 11 is 0. The Morgan fingerprint density at radius 3 is 2.31 bits per heavy atom. The zero-order chi connectivity index (χ0) is 27.7. The van der Waals surface area contributed by atoms with Crippen molar-refractivity contribution in [1.29, 1.82) is 0 Å². The van der Waals surface area contributed by atoms with Crippen molar-refractivity contribution < 1.29 is 17.9 Å². The van der Waals surface area contributed by atoms with Crippen molar-refractivity contribution in [2.75, 3.05) is 25.5 Å². The van der Waals surface area contributed by atoms with Gasteiger partial charge in [-0.2, -0.15) is 9.40 Å². The smallest absolute Gasteiger partial charge is 0.240 e. The van der Waals surface area contributed by atoms with Crippen molar-refractivity contribution in [2.45, 2.75) is 19.8 Å². The lowest BCUT2D eigenvalue weighted by molar-refractivity contribution is -0.116. The van der Waals surface area contributed by atoms with Crippen LogP contribution < -0.4 is 10.1 Å². The summed E-state index contributed by atoms with van der Waals surface area (Å²) in [4.78, 5) is 13.2. The summed E-state index contributed by atoms with van der Waals surface area (Å²) in [6.07, 6.45) is 2.96. The topological polar surface area (TPSA) is 93.5 Å².